The molecule has 0 saturated heterocycles. The lowest BCUT2D eigenvalue weighted by Crippen LogP contribution is -2.54. The van der Waals surface area contributed by atoms with Gasteiger partial charge in [-0.15, -0.1) is 0 Å². The zero-order valence-corrected chi connectivity index (χ0v) is 19.9. The maximum Gasteiger partial charge on any atom is 0.297 e. The van der Waals surface area contributed by atoms with Crippen molar-refractivity contribution < 1.29 is 17.4 Å². The summed E-state index contributed by atoms with van der Waals surface area (Å²) >= 11 is 0. The Kier molecular flexibility index (Phi) is 5.17. The first-order valence-corrected chi connectivity index (χ1v) is 13.6. The van der Waals surface area contributed by atoms with Crippen molar-refractivity contribution in [2.24, 2.45) is 34.5 Å². The zero-order valence-electron chi connectivity index (χ0n) is 19.1. The molecule has 7 atom stereocenters. The van der Waals surface area contributed by atoms with E-state index in [-0.39, 0.29) is 21.8 Å². The molecule has 170 valence electrons. The Morgan fingerprint density at radius 3 is 2.35 bits per heavy atom. The number of rotatable bonds is 3. The number of benzene rings is 1. The fourth-order valence-electron chi connectivity index (χ4n) is 8.07. The molecule has 4 fully saturated rings. The molecule has 31 heavy (non-hydrogen) atoms. The summed E-state index contributed by atoms with van der Waals surface area (Å²) in [5.74, 6) is 2.85. The molecule has 4 saturated carbocycles. The van der Waals surface area contributed by atoms with Gasteiger partial charge in [0.15, 0.2) is 0 Å². The number of carbonyl (C=O) groups is 1. The highest BCUT2D eigenvalue weighted by molar-refractivity contribution is 7.86. The van der Waals surface area contributed by atoms with Crippen LogP contribution < -0.4 is 0 Å². The van der Waals surface area contributed by atoms with E-state index in [0.29, 0.717) is 29.5 Å². The summed E-state index contributed by atoms with van der Waals surface area (Å²) in [6, 6.07) is 6.97. The van der Waals surface area contributed by atoms with E-state index in [1.165, 1.54) is 6.42 Å². The van der Waals surface area contributed by atoms with Crippen LogP contribution in [0.5, 0.6) is 0 Å². The lowest BCUT2D eigenvalue weighted by molar-refractivity contribution is -0.140. The third-order valence-electron chi connectivity index (χ3n) is 9.95. The fraction of sp³-hybridized carbons (Fsp3) is 0.731. The second-order valence-corrected chi connectivity index (χ2v) is 12.9. The molecule has 0 heterocycles. The van der Waals surface area contributed by atoms with Gasteiger partial charge in [0.1, 0.15) is 5.78 Å². The summed E-state index contributed by atoms with van der Waals surface area (Å²) < 4.78 is 32.0. The van der Waals surface area contributed by atoms with Crippen LogP contribution in [0.15, 0.2) is 29.2 Å². The second-order valence-electron chi connectivity index (χ2n) is 11.4. The summed E-state index contributed by atoms with van der Waals surface area (Å²) in [6.45, 7) is 6.69. The number of aryl methyl sites for hydroxylation is 1. The van der Waals surface area contributed by atoms with Crippen LogP contribution >= 0.6 is 0 Å². The molecule has 4 aliphatic carbocycles. The molecular formula is C26H36O4S. The van der Waals surface area contributed by atoms with Crippen molar-refractivity contribution in [3.8, 4) is 0 Å². The molecule has 0 aromatic heterocycles. The van der Waals surface area contributed by atoms with E-state index in [1.54, 1.807) is 12.1 Å². The third-order valence-corrected chi connectivity index (χ3v) is 11.3. The third kappa shape index (κ3) is 3.42. The van der Waals surface area contributed by atoms with Crippen LogP contribution in [-0.4, -0.2) is 20.3 Å². The Morgan fingerprint density at radius 2 is 1.61 bits per heavy atom. The molecule has 0 N–H and O–H groups in total. The van der Waals surface area contributed by atoms with E-state index < -0.39 is 10.1 Å². The van der Waals surface area contributed by atoms with E-state index in [9.17, 15) is 13.2 Å². The van der Waals surface area contributed by atoms with Gasteiger partial charge in [-0.2, -0.15) is 8.42 Å². The molecule has 0 aliphatic heterocycles. The molecule has 4 aliphatic rings. The van der Waals surface area contributed by atoms with Crippen LogP contribution in [0.3, 0.4) is 0 Å². The van der Waals surface area contributed by atoms with E-state index in [1.807, 2.05) is 19.1 Å². The first-order valence-electron chi connectivity index (χ1n) is 12.2. The minimum Gasteiger partial charge on any atom is -0.300 e. The predicted octanol–water partition coefficient (Wildman–Crippen LogP) is 5.68. The molecule has 5 heteroatoms. The van der Waals surface area contributed by atoms with Crippen LogP contribution in [0, 0.1) is 41.4 Å². The maximum atomic E-state index is 13.0. The monoisotopic (exact) mass is 444 g/mol. The van der Waals surface area contributed by atoms with Gasteiger partial charge in [0.2, 0.25) is 0 Å². The first kappa shape index (κ1) is 21.6. The molecule has 0 amide bonds. The number of carbonyl (C=O) groups excluding carboxylic acids is 1. The predicted molar refractivity (Wildman–Crippen MR) is 120 cm³/mol. The van der Waals surface area contributed by atoms with Gasteiger partial charge in [0.05, 0.1) is 11.0 Å². The number of ketones is 1. The molecule has 0 spiro atoms. The molecule has 1 unspecified atom stereocenters. The van der Waals surface area contributed by atoms with E-state index in [0.717, 1.165) is 56.9 Å². The number of fused-ring (bicyclic) bond motifs is 5. The highest BCUT2D eigenvalue weighted by atomic mass is 32.2. The molecular weight excluding hydrogens is 408 g/mol. The normalized spacial score (nSPS) is 42.5. The Labute approximate surface area is 187 Å². The maximum absolute atomic E-state index is 13.0. The van der Waals surface area contributed by atoms with Gasteiger partial charge in [0, 0.05) is 12.8 Å². The second kappa shape index (κ2) is 7.41. The van der Waals surface area contributed by atoms with Crippen molar-refractivity contribution in [2.45, 2.75) is 89.6 Å². The minimum atomic E-state index is -3.75. The highest BCUT2D eigenvalue weighted by Crippen LogP contribution is 2.66. The molecule has 0 radical (unpaired) electrons. The summed E-state index contributed by atoms with van der Waals surface area (Å²) in [4.78, 5) is 12.4. The Morgan fingerprint density at radius 1 is 0.903 bits per heavy atom. The Bertz CT molecular complexity index is 968. The van der Waals surface area contributed by atoms with Crippen LogP contribution in [-0.2, 0) is 19.1 Å². The van der Waals surface area contributed by atoms with Gasteiger partial charge < -0.3 is 0 Å². The van der Waals surface area contributed by atoms with Crippen molar-refractivity contribution in [3.63, 3.8) is 0 Å². The number of hydrogen-bond donors (Lipinski definition) is 0. The van der Waals surface area contributed by atoms with Crippen molar-refractivity contribution in [2.75, 3.05) is 0 Å². The Balaban J connectivity index is 1.37. The minimum absolute atomic E-state index is 0.0768. The quantitative estimate of drug-likeness (QED) is 0.563. The van der Waals surface area contributed by atoms with Gasteiger partial charge in [0.25, 0.3) is 10.1 Å². The average Bonchev–Trinajstić information content (AvgIpc) is 3.04. The van der Waals surface area contributed by atoms with E-state index in [4.69, 9.17) is 4.18 Å². The highest BCUT2D eigenvalue weighted by Gasteiger charge is 2.61. The van der Waals surface area contributed by atoms with Gasteiger partial charge in [-0.25, -0.2) is 0 Å². The van der Waals surface area contributed by atoms with Crippen LogP contribution in [0.4, 0.5) is 0 Å². The smallest absolute Gasteiger partial charge is 0.297 e. The molecule has 0 bridgehead atoms. The molecule has 4 nitrogen and oxygen atoms in total. The standard InChI is InChI=1S/C26H36O4S/c1-17-4-7-20(8-5-17)31(28,29)30-24-11-10-22-21-9-6-18-16-19(27)12-14-25(18,2)23(21)13-15-26(22,24)3/h4-5,7-8,18,21-24H,6,9-16H2,1-3H3/t18?,21-,22-,23-,24-,25-,26-/m0/s1. The Hall–Kier alpha value is -1.20. The van der Waals surface area contributed by atoms with Crippen molar-refractivity contribution in [1.29, 1.82) is 0 Å². The lowest BCUT2D eigenvalue weighted by Gasteiger charge is -2.60. The van der Waals surface area contributed by atoms with Crippen molar-refractivity contribution in [3.05, 3.63) is 29.8 Å². The van der Waals surface area contributed by atoms with Crippen LogP contribution in [0.25, 0.3) is 0 Å². The molecule has 1 aromatic carbocycles. The van der Waals surface area contributed by atoms with E-state index in [2.05, 4.69) is 13.8 Å². The SMILES string of the molecule is Cc1ccc(S(=O)(=O)O[C@H]2CC[C@H]3[C@@H]4CCC5CC(=O)CC[C@]5(C)[C@H]4CC[C@]23C)cc1. The van der Waals surface area contributed by atoms with Gasteiger partial charge in [-0.3, -0.25) is 8.98 Å². The average molecular weight is 445 g/mol. The number of Topliss-reactive ketones (excluding diaryl/α,β-unsaturated/α-hetero) is 1. The van der Waals surface area contributed by atoms with Gasteiger partial charge >= 0.3 is 0 Å². The van der Waals surface area contributed by atoms with E-state index >= 15 is 0 Å². The number of hydrogen-bond acceptors (Lipinski definition) is 4. The topological polar surface area (TPSA) is 60.4 Å². The van der Waals surface area contributed by atoms with Crippen molar-refractivity contribution in [1.82, 2.24) is 0 Å². The summed E-state index contributed by atoms with van der Waals surface area (Å²) in [5.41, 5.74) is 1.25. The molecule has 5 rings (SSSR count). The fourth-order valence-corrected chi connectivity index (χ4v) is 9.27. The summed E-state index contributed by atoms with van der Waals surface area (Å²) in [6.07, 6.45) is 8.75. The van der Waals surface area contributed by atoms with Crippen LogP contribution in [0.2, 0.25) is 0 Å². The zero-order chi connectivity index (χ0) is 22.0. The molecule has 1 aromatic rings. The van der Waals surface area contributed by atoms with Crippen molar-refractivity contribution >= 4 is 15.9 Å². The van der Waals surface area contributed by atoms with Gasteiger partial charge in [-0.1, -0.05) is 31.5 Å². The summed E-state index contributed by atoms with van der Waals surface area (Å²) in [5, 5.41) is 0. The van der Waals surface area contributed by atoms with Gasteiger partial charge in [-0.05, 0) is 98.5 Å². The largest absolute Gasteiger partial charge is 0.300 e. The lowest BCUT2D eigenvalue weighted by atomic mass is 9.45. The van der Waals surface area contributed by atoms with Crippen LogP contribution in [0.1, 0.15) is 77.2 Å². The summed E-state index contributed by atoms with van der Waals surface area (Å²) in [7, 11) is -3.75. The first-order chi connectivity index (χ1) is 14.6.